The van der Waals surface area contributed by atoms with Crippen LogP contribution in [0, 0.1) is 0 Å². The van der Waals surface area contributed by atoms with Crippen LogP contribution in [0.15, 0.2) is 66.7 Å². The number of ether oxygens (including phenoxy) is 1. The number of amides is 2. The van der Waals surface area contributed by atoms with Crippen molar-refractivity contribution in [2.45, 2.75) is 0 Å². The summed E-state index contributed by atoms with van der Waals surface area (Å²) in [6, 6.07) is 17.4. The van der Waals surface area contributed by atoms with Crippen molar-refractivity contribution in [1.29, 1.82) is 0 Å². The second kappa shape index (κ2) is 6.91. The van der Waals surface area contributed by atoms with E-state index < -0.39 is 12.0 Å². The van der Waals surface area contributed by atoms with Gasteiger partial charge in [-0.3, -0.25) is 10.1 Å². The van der Waals surface area contributed by atoms with Gasteiger partial charge in [-0.15, -0.1) is 0 Å². The number of nitrogens with one attached hydrogen (secondary N) is 1. The number of carbonyl (C=O) groups excluding carboxylic acids is 2. The summed E-state index contributed by atoms with van der Waals surface area (Å²) in [5, 5.41) is 2.07. The van der Waals surface area contributed by atoms with E-state index in [0.29, 0.717) is 11.3 Å². The summed E-state index contributed by atoms with van der Waals surface area (Å²) < 4.78 is 4.93. The molecule has 2 amide bonds. The average molecular weight is 282 g/mol. The smallest absolute Gasteiger partial charge is 0.410 e. The molecule has 0 saturated carbocycles. The number of nitrogens with two attached hydrogens (primary N) is 1. The monoisotopic (exact) mass is 282 g/mol. The van der Waals surface area contributed by atoms with Crippen LogP contribution >= 0.6 is 0 Å². The highest BCUT2D eigenvalue weighted by atomic mass is 16.6. The molecular weight excluding hydrogens is 268 g/mol. The number of hydrogen-bond donors (Lipinski definition) is 2. The van der Waals surface area contributed by atoms with Gasteiger partial charge in [-0.05, 0) is 17.7 Å². The van der Waals surface area contributed by atoms with Crippen LogP contribution in [-0.4, -0.2) is 12.0 Å². The Morgan fingerprint density at radius 3 is 2.14 bits per heavy atom. The zero-order chi connectivity index (χ0) is 15.1. The lowest BCUT2D eigenvalue weighted by Crippen LogP contribution is -2.32. The van der Waals surface area contributed by atoms with Gasteiger partial charge in [-0.25, -0.2) is 4.79 Å². The summed E-state index contributed by atoms with van der Waals surface area (Å²) in [7, 11) is 0. The zero-order valence-electron chi connectivity index (χ0n) is 11.2. The van der Waals surface area contributed by atoms with E-state index in [4.69, 9.17) is 10.5 Å². The van der Waals surface area contributed by atoms with E-state index >= 15 is 0 Å². The molecule has 0 atom stereocenters. The van der Waals surface area contributed by atoms with Crippen molar-refractivity contribution >= 4 is 17.7 Å². The van der Waals surface area contributed by atoms with Crippen molar-refractivity contribution in [3.05, 3.63) is 72.3 Å². The maximum atomic E-state index is 11.7. The Labute approximate surface area is 122 Å². The molecule has 2 aromatic rings. The third kappa shape index (κ3) is 4.50. The quantitative estimate of drug-likeness (QED) is 0.846. The van der Waals surface area contributed by atoms with Gasteiger partial charge < -0.3 is 10.5 Å². The van der Waals surface area contributed by atoms with Crippen LogP contribution in [0.4, 0.5) is 4.79 Å². The van der Waals surface area contributed by atoms with E-state index in [2.05, 4.69) is 5.32 Å². The highest BCUT2D eigenvalue weighted by molar-refractivity contribution is 6.02. The number of hydrogen-bond acceptors (Lipinski definition) is 4. The van der Waals surface area contributed by atoms with Crippen LogP contribution in [-0.2, 0) is 4.79 Å². The van der Waals surface area contributed by atoms with Gasteiger partial charge in [0, 0.05) is 11.8 Å². The molecule has 106 valence electrons. The number of carbonyl (C=O) groups is 2. The van der Waals surface area contributed by atoms with E-state index in [9.17, 15) is 9.59 Å². The molecule has 5 nitrogen and oxygen atoms in total. The summed E-state index contributed by atoms with van der Waals surface area (Å²) in [4.78, 5) is 23.2. The van der Waals surface area contributed by atoms with E-state index in [0.717, 1.165) is 6.08 Å². The van der Waals surface area contributed by atoms with Gasteiger partial charge >= 0.3 is 6.09 Å². The molecule has 0 spiro atoms. The van der Waals surface area contributed by atoms with Crippen LogP contribution < -0.4 is 15.8 Å². The van der Waals surface area contributed by atoms with E-state index in [-0.39, 0.29) is 5.70 Å². The van der Waals surface area contributed by atoms with Gasteiger partial charge in [0.15, 0.2) is 0 Å². The predicted octanol–water partition coefficient (Wildman–Crippen LogP) is 2.30. The van der Waals surface area contributed by atoms with Crippen molar-refractivity contribution in [2.75, 3.05) is 0 Å². The molecule has 0 aromatic heterocycles. The Kier molecular flexibility index (Phi) is 4.71. The lowest BCUT2D eigenvalue weighted by molar-refractivity contribution is -0.115. The minimum Gasteiger partial charge on any atom is -0.410 e. The van der Waals surface area contributed by atoms with Crippen LogP contribution in [0.5, 0.6) is 5.75 Å². The maximum Gasteiger partial charge on any atom is 0.419 e. The van der Waals surface area contributed by atoms with Gasteiger partial charge in [0.1, 0.15) is 5.75 Å². The van der Waals surface area contributed by atoms with Crippen molar-refractivity contribution in [2.24, 2.45) is 5.73 Å². The van der Waals surface area contributed by atoms with Crippen LogP contribution in [0.1, 0.15) is 5.56 Å². The summed E-state index contributed by atoms with van der Waals surface area (Å²) in [5.74, 6) is -0.292. The molecule has 0 saturated heterocycles. The molecule has 2 rings (SSSR count). The lowest BCUT2D eigenvalue weighted by Gasteiger charge is -2.04. The minimum absolute atomic E-state index is 0.264. The fourth-order valence-corrected chi connectivity index (χ4v) is 1.61. The van der Waals surface area contributed by atoms with Gasteiger partial charge in [0.05, 0.1) is 0 Å². The molecule has 0 unspecified atom stereocenters. The van der Waals surface area contributed by atoms with Gasteiger partial charge in [0.2, 0.25) is 0 Å². The van der Waals surface area contributed by atoms with Gasteiger partial charge in [0.25, 0.3) is 5.91 Å². The summed E-state index contributed by atoms with van der Waals surface area (Å²) >= 11 is 0. The molecule has 0 radical (unpaired) electrons. The normalized spacial score (nSPS) is 10.8. The predicted molar refractivity (Wildman–Crippen MR) is 79.2 cm³/mol. The third-order valence-electron chi connectivity index (χ3n) is 2.57. The molecule has 0 aliphatic rings. The molecule has 2 aromatic carbocycles. The summed E-state index contributed by atoms with van der Waals surface area (Å²) in [5.41, 5.74) is 6.74. The molecule has 0 heterocycles. The number of rotatable bonds is 3. The van der Waals surface area contributed by atoms with Gasteiger partial charge in [-0.1, -0.05) is 48.5 Å². The molecule has 5 heteroatoms. The molecule has 21 heavy (non-hydrogen) atoms. The average Bonchev–Trinajstić information content (AvgIpc) is 2.48. The summed E-state index contributed by atoms with van der Waals surface area (Å²) in [6.07, 6.45) is 0.282. The number of imide groups is 1. The topological polar surface area (TPSA) is 81.4 Å². The Hall–Kier alpha value is -3.08. The molecule has 0 aliphatic carbocycles. The first-order chi connectivity index (χ1) is 10.1. The molecule has 3 N–H and O–H groups in total. The summed E-state index contributed by atoms with van der Waals surface area (Å²) in [6.45, 7) is 0. The van der Waals surface area contributed by atoms with Crippen LogP contribution in [0.3, 0.4) is 0 Å². The zero-order valence-corrected chi connectivity index (χ0v) is 11.2. The number of para-hydroxylation sites is 1. The highest BCUT2D eigenvalue weighted by Gasteiger charge is 2.08. The SMILES string of the molecule is NC(=CC(=O)NC(=O)Oc1ccccc1)c1ccccc1. The second-order valence-corrected chi connectivity index (χ2v) is 4.16. The molecule has 0 fully saturated rings. The molecular formula is C16H14N2O3. The lowest BCUT2D eigenvalue weighted by atomic mass is 10.1. The molecule has 0 aliphatic heterocycles. The fourth-order valence-electron chi connectivity index (χ4n) is 1.61. The van der Waals surface area contributed by atoms with Crippen molar-refractivity contribution in [3.63, 3.8) is 0 Å². The number of benzene rings is 2. The first-order valence-corrected chi connectivity index (χ1v) is 6.25. The Morgan fingerprint density at radius 2 is 1.52 bits per heavy atom. The second-order valence-electron chi connectivity index (χ2n) is 4.16. The Bertz CT molecular complexity index is 652. The van der Waals surface area contributed by atoms with Crippen LogP contribution in [0.2, 0.25) is 0 Å². The molecule has 0 bridgehead atoms. The van der Waals surface area contributed by atoms with Crippen LogP contribution in [0.25, 0.3) is 5.70 Å². The first kappa shape index (κ1) is 14.3. The standard InChI is InChI=1S/C16H14N2O3/c17-14(12-7-3-1-4-8-12)11-15(19)18-16(20)21-13-9-5-2-6-10-13/h1-11H,17H2,(H,18,19,20). The minimum atomic E-state index is -0.858. The highest BCUT2D eigenvalue weighted by Crippen LogP contribution is 2.09. The van der Waals surface area contributed by atoms with Gasteiger partial charge in [-0.2, -0.15) is 0 Å². The Morgan fingerprint density at radius 1 is 0.952 bits per heavy atom. The first-order valence-electron chi connectivity index (χ1n) is 6.25. The third-order valence-corrected chi connectivity index (χ3v) is 2.57. The van der Waals surface area contributed by atoms with E-state index in [1.54, 1.807) is 54.6 Å². The maximum absolute atomic E-state index is 11.7. The van der Waals surface area contributed by atoms with Crippen molar-refractivity contribution in [1.82, 2.24) is 5.32 Å². The fraction of sp³-hybridized carbons (Fsp3) is 0. The van der Waals surface area contributed by atoms with E-state index in [1.807, 2.05) is 6.07 Å². The van der Waals surface area contributed by atoms with Crippen molar-refractivity contribution in [3.8, 4) is 5.75 Å². The van der Waals surface area contributed by atoms with Crippen molar-refractivity contribution < 1.29 is 14.3 Å². The largest absolute Gasteiger partial charge is 0.419 e. The Balaban J connectivity index is 1.94. The van der Waals surface area contributed by atoms with E-state index in [1.165, 1.54) is 0 Å².